The van der Waals surface area contributed by atoms with Crippen molar-refractivity contribution in [1.82, 2.24) is 0 Å². The molecule has 4 heteroatoms. The molecule has 0 aliphatic carbocycles. The van der Waals surface area contributed by atoms with Gasteiger partial charge < -0.3 is 14.2 Å². The van der Waals surface area contributed by atoms with Crippen LogP contribution in [0.5, 0.6) is 5.75 Å². The third kappa shape index (κ3) is 1.77. The Kier molecular flexibility index (Phi) is 2.74. The Bertz CT molecular complexity index is 477. The van der Waals surface area contributed by atoms with Crippen molar-refractivity contribution in [2.45, 2.75) is 12.8 Å². The molecule has 0 bridgehead atoms. The second-order valence-corrected chi connectivity index (χ2v) is 4.98. The van der Waals surface area contributed by atoms with E-state index in [1.807, 2.05) is 12.1 Å². The van der Waals surface area contributed by atoms with Crippen molar-refractivity contribution in [3.8, 4) is 5.75 Å². The van der Waals surface area contributed by atoms with Crippen LogP contribution < -0.4 is 4.74 Å². The predicted molar refractivity (Wildman–Crippen MR) is 64.6 cm³/mol. The number of hydrogen-bond donors (Lipinski definition) is 0. The number of esters is 1. The van der Waals surface area contributed by atoms with E-state index in [4.69, 9.17) is 14.2 Å². The lowest BCUT2D eigenvalue weighted by Crippen LogP contribution is -2.51. The standard InChI is InChI=1S/C14H16O4/c1-16-13(15)14(8-17-9-14)7-10-2-3-12-11(6-10)4-5-18-12/h2-3,6H,4-5,7-9H2,1H3. The van der Waals surface area contributed by atoms with Crippen LogP contribution in [0, 0.1) is 5.41 Å². The van der Waals surface area contributed by atoms with Crippen LogP contribution in [0.1, 0.15) is 11.1 Å². The molecule has 0 radical (unpaired) electrons. The lowest BCUT2D eigenvalue weighted by atomic mass is 9.79. The molecule has 0 amide bonds. The van der Waals surface area contributed by atoms with E-state index in [0.29, 0.717) is 19.6 Å². The molecule has 0 atom stereocenters. The molecular weight excluding hydrogens is 232 g/mol. The van der Waals surface area contributed by atoms with Crippen LogP contribution in [0.4, 0.5) is 0 Å². The summed E-state index contributed by atoms with van der Waals surface area (Å²) in [4.78, 5) is 11.8. The summed E-state index contributed by atoms with van der Waals surface area (Å²) in [5, 5.41) is 0. The van der Waals surface area contributed by atoms with Crippen LogP contribution in [0.2, 0.25) is 0 Å². The normalized spacial score (nSPS) is 19.6. The number of hydrogen-bond acceptors (Lipinski definition) is 4. The lowest BCUT2D eigenvalue weighted by molar-refractivity contribution is -0.182. The van der Waals surface area contributed by atoms with Crippen LogP contribution in [0.15, 0.2) is 18.2 Å². The first-order chi connectivity index (χ1) is 8.73. The first kappa shape index (κ1) is 11.5. The molecule has 1 fully saturated rings. The van der Waals surface area contributed by atoms with Gasteiger partial charge in [0.15, 0.2) is 0 Å². The topological polar surface area (TPSA) is 44.8 Å². The summed E-state index contributed by atoms with van der Waals surface area (Å²) in [6, 6.07) is 6.14. The molecule has 2 heterocycles. The highest BCUT2D eigenvalue weighted by Gasteiger charge is 2.47. The number of ether oxygens (including phenoxy) is 3. The summed E-state index contributed by atoms with van der Waals surface area (Å²) < 4.78 is 15.6. The fourth-order valence-corrected chi connectivity index (χ4v) is 2.60. The predicted octanol–water partition coefficient (Wildman–Crippen LogP) is 1.35. The van der Waals surface area contributed by atoms with Crippen molar-refractivity contribution in [1.29, 1.82) is 0 Å². The van der Waals surface area contributed by atoms with Gasteiger partial charge in [0, 0.05) is 6.42 Å². The van der Waals surface area contributed by atoms with Crippen LogP contribution >= 0.6 is 0 Å². The van der Waals surface area contributed by atoms with Crippen LogP contribution in [-0.4, -0.2) is 32.9 Å². The van der Waals surface area contributed by atoms with Crippen molar-refractivity contribution in [3.63, 3.8) is 0 Å². The van der Waals surface area contributed by atoms with Crippen LogP contribution in [0.25, 0.3) is 0 Å². The third-order valence-corrected chi connectivity index (χ3v) is 3.67. The molecule has 0 unspecified atom stereocenters. The highest BCUT2D eigenvalue weighted by molar-refractivity contribution is 5.78. The van der Waals surface area contributed by atoms with Gasteiger partial charge in [-0.1, -0.05) is 12.1 Å². The molecular formula is C14H16O4. The summed E-state index contributed by atoms with van der Waals surface area (Å²) in [7, 11) is 1.43. The molecule has 18 heavy (non-hydrogen) atoms. The SMILES string of the molecule is COC(=O)C1(Cc2ccc3c(c2)CCO3)COC1. The van der Waals surface area contributed by atoms with E-state index in [2.05, 4.69) is 6.07 Å². The average Bonchev–Trinajstić information content (AvgIpc) is 2.80. The van der Waals surface area contributed by atoms with Gasteiger partial charge in [-0.15, -0.1) is 0 Å². The molecule has 3 rings (SSSR count). The second-order valence-electron chi connectivity index (χ2n) is 4.98. The second kappa shape index (κ2) is 4.28. The number of benzene rings is 1. The van der Waals surface area contributed by atoms with Gasteiger partial charge in [0.05, 0.1) is 26.9 Å². The van der Waals surface area contributed by atoms with Crippen molar-refractivity contribution in [3.05, 3.63) is 29.3 Å². The van der Waals surface area contributed by atoms with E-state index in [0.717, 1.165) is 24.3 Å². The molecule has 0 N–H and O–H groups in total. The lowest BCUT2D eigenvalue weighted by Gasteiger charge is -2.38. The van der Waals surface area contributed by atoms with Gasteiger partial charge in [-0.3, -0.25) is 4.79 Å². The minimum absolute atomic E-state index is 0.175. The molecule has 0 spiro atoms. The summed E-state index contributed by atoms with van der Waals surface area (Å²) in [5.74, 6) is 0.793. The fourth-order valence-electron chi connectivity index (χ4n) is 2.60. The van der Waals surface area contributed by atoms with Gasteiger partial charge >= 0.3 is 5.97 Å². The Hall–Kier alpha value is -1.55. The molecule has 1 aromatic rings. The third-order valence-electron chi connectivity index (χ3n) is 3.67. The monoisotopic (exact) mass is 248 g/mol. The van der Waals surface area contributed by atoms with Gasteiger partial charge in [-0.2, -0.15) is 0 Å². The van der Waals surface area contributed by atoms with Gasteiger partial charge in [-0.05, 0) is 23.6 Å². The maximum atomic E-state index is 11.8. The number of carbonyl (C=O) groups excluding carboxylic acids is 1. The molecule has 2 aliphatic heterocycles. The largest absolute Gasteiger partial charge is 0.493 e. The number of carbonyl (C=O) groups is 1. The van der Waals surface area contributed by atoms with Gasteiger partial charge in [0.2, 0.25) is 0 Å². The first-order valence-electron chi connectivity index (χ1n) is 6.14. The highest BCUT2D eigenvalue weighted by atomic mass is 16.5. The molecule has 1 aromatic carbocycles. The quantitative estimate of drug-likeness (QED) is 0.757. The minimum atomic E-state index is -0.484. The Labute approximate surface area is 106 Å². The fraction of sp³-hybridized carbons (Fsp3) is 0.500. The summed E-state index contributed by atoms with van der Waals surface area (Å²) in [6.45, 7) is 1.66. The Morgan fingerprint density at radius 1 is 1.44 bits per heavy atom. The van der Waals surface area contributed by atoms with E-state index in [1.165, 1.54) is 12.7 Å². The first-order valence-corrected chi connectivity index (χ1v) is 6.14. The Morgan fingerprint density at radius 2 is 2.28 bits per heavy atom. The van der Waals surface area contributed by atoms with Gasteiger partial charge in [0.25, 0.3) is 0 Å². The van der Waals surface area contributed by atoms with Crippen LogP contribution in [-0.2, 0) is 27.1 Å². The molecule has 96 valence electrons. The van der Waals surface area contributed by atoms with Crippen LogP contribution in [0.3, 0.4) is 0 Å². The van der Waals surface area contributed by atoms with E-state index in [-0.39, 0.29) is 5.97 Å². The molecule has 1 saturated heterocycles. The minimum Gasteiger partial charge on any atom is -0.493 e. The van der Waals surface area contributed by atoms with E-state index in [9.17, 15) is 4.79 Å². The molecule has 4 nitrogen and oxygen atoms in total. The Balaban J connectivity index is 1.81. The number of methoxy groups -OCH3 is 1. The Morgan fingerprint density at radius 3 is 2.94 bits per heavy atom. The molecule has 0 aromatic heterocycles. The van der Waals surface area contributed by atoms with Crippen molar-refractivity contribution < 1.29 is 19.0 Å². The van der Waals surface area contributed by atoms with E-state index in [1.54, 1.807) is 0 Å². The van der Waals surface area contributed by atoms with E-state index < -0.39 is 5.41 Å². The zero-order chi connectivity index (χ0) is 12.6. The molecule has 0 saturated carbocycles. The van der Waals surface area contributed by atoms with Crippen molar-refractivity contribution in [2.75, 3.05) is 26.9 Å². The zero-order valence-electron chi connectivity index (χ0n) is 10.4. The van der Waals surface area contributed by atoms with Gasteiger partial charge in [-0.25, -0.2) is 0 Å². The maximum Gasteiger partial charge on any atom is 0.316 e. The number of fused-ring (bicyclic) bond motifs is 1. The van der Waals surface area contributed by atoms with Crippen molar-refractivity contribution in [2.24, 2.45) is 5.41 Å². The smallest absolute Gasteiger partial charge is 0.316 e. The van der Waals surface area contributed by atoms with Crippen molar-refractivity contribution >= 4 is 5.97 Å². The van der Waals surface area contributed by atoms with Gasteiger partial charge in [0.1, 0.15) is 11.2 Å². The highest BCUT2D eigenvalue weighted by Crippen LogP contribution is 2.35. The summed E-state index contributed by atoms with van der Waals surface area (Å²) >= 11 is 0. The summed E-state index contributed by atoms with van der Waals surface area (Å²) in [6.07, 6.45) is 1.62. The maximum absolute atomic E-state index is 11.8. The van der Waals surface area contributed by atoms with E-state index >= 15 is 0 Å². The molecule has 2 aliphatic rings. The zero-order valence-corrected chi connectivity index (χ0v) is 10.4. The average molecular weight is 248 g/mol. The number of rotatable bonds is 3. The summed E-state index contributed by atoms with van der Waals surface area (Å²) in [5.41, 5.74) is 1.89.